The van der Waals surface area contributed by atoms with Gasteiger partial charge in [0.05, 0.1) is 0 Å². The van der Waals surface area contributed by atoms with Crippen LogP contribution >= 0.6 is 11.8 Å². The van der Waals surface area contributed by atoms with E-state index in [-0.39, 0.29) is 0 Å². The maximum Gasteiger partial charge on any atom is 0.248 e. The summed E-state index contributed by atoms with van der Waals surface area (Å²) >= 11 is 1.48. The van der Waals surface area contributed by atoms with Crippen molar-refractivity contribution in [3.8, 4) is 0 Å². The van der Waals surface area contributed by atoms with Gasteiger partial charge in [-0.15, -0.1) is 0 Å². The molecule has 90 valence electrons. The molecule has 0 fully saturated rings. The topological polar surface area (TPSA) is 60.2 Å². The lowest BCUT2D eigenvalue weighted by atomic mass is 10.2. The largest absolute Gasteiger partial charge is 0.366 e. The molecule has 2 aromatic rings. The van der Waals surface area contributed by atoms with E-state index in [2.05, 4.69) is 0 Å². The van der Waals surface area contributed by atoms with Crippen molar-refractivity contribution >= 4 is 24.0 Å². The molecule has 0 aromatic heterocycles. The van der Waals surface area contributed by atoms with Crippen LogP contribution in [0.2, 0.25) is 0 Å². The van der Waals surface area contributed by atoms with E-state index in [0.717, 1.165) is 16.1 Å². The molecule has 1 amide bonds. The van der Waals surface area contributed by atoms with Crippen molar-refractivity contribution in [2.45, 2.75) is 9.79 Å². The van der Waals surface area contributed by atoms with Gasteiger partial charge in [0.2, 0.25) is 5.91 Å². The highest BCUT2D eigenvalue weighted by molar-refractivity contribution is 7.99. The summed E-state index contributed by atoms with van der Waals surface area (Å²) in [6, 6.07) is 14.4. The fourth-order valence-corrected chi connectivity index (χ4v) is 2.45. The van der Waals surface area contributed by atoms with Crippen LogP contribution in [0.1, 0.15) is 20.7 Å². The highest BCUT2D eigenvalue weighted by Crippen LogP contribution is 2.28. The Labute approximate surface area is 109 Å². The fraction of sp³-hybridized carbons (Fsp3) is 0. The SMILES string of the molecule is NC(=O)c1cccc(Sc2cccc(C=O)c2)c1. The molecule has 0 aliphatic carbocycles. The normalized spacial score (nSPS) is 10.0. The molecular formula is C14H11NO2S. The van der Waals surface area contributed by atoms with E-state index >= 15 is 0 Å². The highest BCUT2D eigenvalue weighted by Gasteiger charge is 2.03. The average Bonchev–Trinajstić information content (AvgIpc) is 2.39. The first-order valence-electron chi connectivity index (χ1n) is 5.32. The second-order valence-electron chi connectivity index (χ2n) is 3.68. The number of carbonyl (C=O) groups excluding carboxylic acids is 2. The Morgan fingerprint density at radius 2 is 1.72 bits per heavy atom. The van der Waals surface area contributed by atoms with E-state index in [0.29, 0.717) is 11.1 Å². The molecule has 0 saturated heterocycles. The van der Waals surface area contributed by atoms with Crippen molar-refractivity contribution in [2.24, 2.45) is 5.73 Å². The second kappa shape index (κ2) is 5.51. The molecule has 2 aromatic carbocycles. The standard InChI is InChI=1S/C14H11NO2S/c15-14(17)11-4-2-6-13(8-11)18-12-5-1-3-10(7-12)9-16/h1-9H,(H2,15,17). The first-order chi connectivity index (χ1) is 8.69. The minimum Gasteiger partial charge on any atom is -0.366 e. The summed E-state index contributed by atoms with van der Waals surface area (Å²) < 4.78 is 0. The molecule has 18 heavy (non-hydrogen) atoms. The van der Waals surface area contributed by atoms with Gasteiger partial charge in [0.15, 0.2) is 0 Å². The minimum absolute atomic E-state index is 0.445. The quantitative estimate of drug-likeness (QED) is 0.857. The summed E-state index contributed by atoms with van der Waals surface area (Å²) in [6.07, 6.45) is 0.809. The van der Waals surface area contributed by atoms with Crippen LogP contribution in [0.3, 0.4) is 0 Å². The molecule has 0 radical (unpaired) electrons. The first kappa shape index (κ1) is 12.4. The molecule has 0 aliphatic heterocycles. The molecule has 4 heteroatoms. The maximum atomic E-state index is 11.1. The van der Waals surface area contributed by atoms with Gasteiger partial charge in [-0.05, 0) is 30.3 Å². The van der Waals surface area contributed by atoms with Crippen LogP contribution < -0.4 is 5.73 Å². The summed E-state index contributed by atoms with van der Waals surface area (Å²) in [4.78, 5) is 23.6. The van der Waals surface area contributed by atoms with Crippen molar-refractivity contribution in [2.75, 3.05) is 0 Å². The van der Waals surface area contributed by atoms with Gasteiger partial charge in [-0.25, -0.2) is 0 Å². The zero-order valence-electron chi connectivity index (χ0n) is 9.50. The van der Waals surface area contributed by atoms with Crippen LogP contribution in [0.4, 0.5) is 0 Å². The van der Waals surface area contributed by atoms with Gasteiger partial charge in [0.25, 0.3) is 0 Å². The molecule has 0 aliphatic rings. The zero-order chi connectivity index (χ0) is 13.0. The molecule has 0 saturated carbocycles. The van der Waals surface area contributed by atoms with E-state index in [4.69, 9.17) is 5.73 Å². The van der Waals surface area contributed by atoms with E-state index < -0.39 is 5.91 Å². The van der Waals surface area contributed by atoms with E-state index in [1.165, 1.54) is 11.8 Å². The highest BCUT2D eigenvalue weighted by atomic mass is 32.2. The molecule has 0 unspecified atom stereocenters. The third-order valence-electron chi connectivity index (χ3n) is 2.35. The molecule has 0 spiro atoms. The number of benzene rings is 2. The number of aldehydes is 1. The van der Waals surface area contributed by atoms with Gasteiger partial charge >= 0.3 is 0 Å². The number of hydrogen-bond donors (Lipinski definition) is 1. The summed E-state index contributed by atoms with van der Waals surface area (Å²) in [5, 5.41) is 0. The van der Waals surface area contributed by atoms with Crippen molar-refractivity contribution < 1.29 is 9.59 Å². The van der Waals surface area contributed by atoms with Crippen molar-refractivity contribution in [3.63, 3.8) is 0 Å². The second-order valence-corrected chi connectivity index (χ2v) is 4.83. The average molecular weight is 257 g/mol. The van der Waals surface area contributed by atoms with Crippen LogP contribution in [0.15, 0.2) is 58.3 Å². The Morgan fingerprint density at radius 3 is 2.39 bits per heavy atom. The van der Waals surface area contributed by atoms with Gasteiger partial charge in [-0.3, -0.25) is 9.59 Å². The Kier molecular flexibility index (Phi) is 3.79. The van der Waals surface area contributed by atoms with Crippen LogP contribution in [-0.2, 0) is 0 Å². The first-order valence-corrected chi connectivity index (χ1v) is 6.13. The summed E-state index contributed by atoms with van der Waals surface area (Å²) in [6.45, 7) is 0. The minimum atomic E-state index is -0.445. The number of hydrogen-bond acceptors (Lipinski definition) is 3. The zero-order valence-corrected chi connectivity index (χ0v) is 10.3. The Balaban J connectivity index is 2.25. The predicted molar refractivity (Wildman–Crippen MR) is 70.9 cm³/mol. The summed E-state index contributed by atoms with van der Waals surface area (Å²) in [5.41, 5.74) is 6.34. The third kappa shape index (κ3) is 2.99. The number of carbonyl (C=O) groups is 2. The third-order valence-corrected chi connectivity index (χ3v) is 3.33. The van der Waals surface area contributed by atoms with Crippen LogP contribution in [-0.4, -0.2) is 12.2 Å². The van der Waals surface area contributed by atoms with Gasteiger partial charge in [0.1, 0.15) is 6.29 Å². The smallest absolute Gasteiger partial charge is 0.248 e. The lowest BCUT2D eigenvalue weighted by Crippen LogP contribution is -2.10. The summed E-state index contributed by atoms with van der Waals surface area (Å²) in [7, 11) is 0. The van der Waals surface area contributed by atoms with Crippen LogP contribution in [0, 0.1) is 0 Å². The number of amides is 1. The van der Waals surface area contributed by atoms with Crippen molar-refractivity contribution in [3.05, 3.63) is 59.7 Å². The van der Waals surface area contributed by atoms with Gasteiger partial charge in [0, 0.05) is 20.9 Å². The number of primary amides is 1. The molecule has 3 nitrogen and oxygen atoms in total. The molecule has 0 bridgehead atoms. The Morgan fingerprint density at radius 1 is 1.06 bits per heavy atom. The van der Waals surface area contributed by atoms with Gasteiger partial charge < -0.3 is 5.73 Å². The lowest BCUT2D eigenvalue weighted by molar-refractivity contribution is 0.0999. The van der Waals surface area contributed by atoms with Crippen LogP contribution in [0.5, 0.6) is 0 Å². The fourth-order valence-electron chi connectivity index (χ4n) is 1.50. The van der Waals surface area contributed by atoms with E-state index in [1.807, 2.05) is 18.2 Å². The van der Waals surface area contributed by atoms with Gasteiger partial charge in [-0.2, -0.15) is 0 Å². The van der Waals surface area contributed by atoms with Crippen molar-refractivity contribution in [1.82, 2.24) is 0 Å². The Bertz CT molecular complexity index is 596. The van der Waals surface area contributed by atoms with E-state index in [9.17, 15) is 9.59 Å². The van der Waals surface area contributed by atoms with E-state index in [1.54, 1.807) is 30.3 Å². The molecule has 2 rings (SSSR count). The molecular weight excluding hydrogens is 246 g/mol. The molecule has 0 heterocycles. The monoisotopic (exact) mass is 257 g/mol. The van der Waals surface area contributed by atoms with Crippen molar-refractivity contribution in [1.29, 1.82) is 0 Å². The number of rotatable bonds is 4. The molecule has 2 N–H and O–H groups in total. The summed E-state index contributed by atoms with van der Waals surface area (Å²) in [5.74, 6) is -0.445. The predicted octanol–water partition coefficient (Wildman–Crippen LogP) is 2.75. The maximum absolute atomic E-state index is 11.1. The Hall–Kier alpha value is -2.07. The number of nitrogens with two attached hydrogens (primary N) is 1. The van der Waals surface area contributed by atoms with Crippen LogP contribution in [0.25, 0.3) is 0 Å². The lowest BCUT2D eigenvalue weighted by Gasteiger charge is -2.03. The molecule has 0 atom stereocenters. The van der Waals surface area contributed by atoms with Gasteiger partial charge in [-0.1, -0.05) is 30.0 Å².